The van der Waals surface area contributed by atoms with Crippen LogP contribution in [0.2, 0.25) is 0 Å². The highest BCUT2D eigenvalue weighted by Gasteiger charge is 2.21. The van der Waals surface area contributed by atoms with Gasteiger partial charge in [-0.15, -0.1) is 11.3 Å². The number of anilines is 2. The topological polar surface area (TPSA) is 109 Å². The lowest BCUT2D eigenvalue weighted by Crippen LogP contribution is -2.28. The Bertz CT molecular complexity index is 1090. The molecule has 0 spiro atoms. The van der Waals surface area contributed by atoms with E-state index in [-0.39, 0.29) is 28.8 Å². The standard InChI is InChI=1S/C20H21N3O5S2/c1-23(30(26,27)19-10-5-13-29-19)11-3-9-18(24)21-15-6-2-7-16(14-15)22-20(25)17-8-4-12-28-17/h2,4-8,10,12-14H,3,9,11H2,1H3,(H,21,24)(H,22,25). The number of carbonyl (C=O) groups is 2. The zero-order chi connectivity index (χ0) is 21.6. The van der Waals surface area contributed by atoms with Crippen LogP contribution < -0.4 is 10.6 Å². The Morgan fingerprint density at radius 3 is 2.50 bits per heavy atom. The summed E-state index contributed by atoms with van der Waals surface area (Å²) in [5.74, 6) is -0.448. The summed E-state index contributed by atoms with van der Waals surface area (Å²) in [6.45, 7) is 0.229. The number of rotatable bonds is 9. The molecule has 1 aromatic carbocycles. The predicted molar refractivity (Wildman–Crippen MR) is 115 cm³/mol. The Labute approximate surface area is 178 Å². The van der Waals surface area contributed by atoms with Gasteiger partial charge in [0.2, 0.25) is 5.91 Å². The molecular formula is C20H21N3O5S2. The van der Waals surface area contributed by atoms with E-state index >= 15 is 0 Å². The third-order valence-corrected chi connectivity index (χ3v) is 7.42. The molecule has 158 valence electrons. The fraction of sp³-hybridized carbons (Fsp3) is 0.200. The van der Waals surface area contributed by atoms with Crippen molar-refractivity contribution in [2.75, 3.05) is 24.2 Å². The molecule has 2 aromatic heterocycles. The molecule has 2 amide bonds. The smallest absolute Gasteiger partial charge is 0.291 e. The molecule has 0 aliphatic rings. The number of amides is 2. The van der Waals surface area contributed by atoms with Crippen molar-refractivity contribution in [3.63, 3.8) is 0 Å². The Hall–Kier alpha value is -2.95. The second-order valence-electron chi connectivity index (χ2n) is 6.42. The summed E-state index contributed by atoms with van der Waals surface area (Å²) < 4.78 is 31.3. The first-order valence-electron chi connectivity index (χ1n) is 9.11. The average Bonchev–Trinajstić information content (AvgIpc) is 3.42. The number of hydrogen-bond acceptors (Lipinski definition) is 6. The molecule has 0 fully saturated rings. The van der Waals surface area contributed by atoms with E-state index in [4.69, 9.17) is 4.42 Å². The van der Waals surface area contributed by atoms with Crippen LogP contribution in [0.3, 0.4) is 0 Å². The second kappa shape index (κ2) is 9.70. The average molecular weight is 448 g/mol. The lowest BCUT2D eigenvalue weighted by atomic mass is 10.2. The van der Waals surface area contributed by atoms with E-state index in [0.717, 1.165) is 11.3 Å². The highest BCUT2D eigenvalue weighted by molar-refractivity contribution is 7.91. The monoisotopic (exact) mass is 447 g/mol. The molecule has 0 unspecified atom stereocenters. The van der Waals surface area contributed by atoms with Gasteiger partial charge in [0.05, 0.1) is 6.26 Å². The highest BCUT2D eigenvalue weighted by Crippen LogP contribution is 2.20. The first-order chi connectivity index (χ1) is 14.4. The zero-order valence-electron chi connectivity index (χ0n) is 16.2. The van der Waals surface area contributed by atoms with Crippen molar-refractivity contribution in [3.8, 4) is 0 Å². The molecular weight excluding hydrogens is 426 g/mol. The van der Waals surface area contributed by atoms with Gasteiger partial charge in [0.15, 0.2) is 5.76 Å². The number of nitrogens with one attached hydrogen (secondary N) is 2. The maximum absolute atomic E-state index is 12.4. The summed E-state index contributed by atoms with van der Waals surface area (Å²) in [5.41, 5.74) is 1.03. The van der Waals surface area contributed by atoms with Gasteiger partial charge < -0.3 is 15.1 Å². The third kappa shape index (κ3) is 5.56. The van der Waals surface area contributed by atoms with Crippen molar-refractivity contribution in [2.24, 2.45) is 0 Å². The third-order valence-electron chi connectivity index (χ3n) is 4.19. The molecule has 0 bridgehead atoms. The first kappa shape index (κ1) is 21.8. The van der Waals surface area contributed by atoms with Crippen LogP contribution in [0.1, 0.15) is 23.4 Å². The Kier molecular flexibility index (Phi) is 7.03. The van der Waals surface area contributed by atoms with E-state index in [1.807, 2.05) is 0 Å². The fourth-order valence-electron chi connectivity index (χ4n) is 2.64. The number of thiophene rings is 1. The molecule has 0 atom stereocenters. The normalized spacial score (nSPS) is 11.4. The van der Waals surface area contributed by atoms with Crippen LogP contribution in [0.25, 0.3) is 0 Å². The van der Waals surface area contributed by atoms with Crippen molar-refractivity contribution in [3.05, 3.63) is 65.9 Å². The number of nitrogens with zero attached hydrogens (tertiary/aromatic N) is 1. The minimum Gasteiger partial charge on any atom is -0.459 e. The van der Waals surface area contributed by atoms with Gasteiger partial charge in [-0.3, -0.25) is 9.59 Å². The molecule has 0 saturated heterocycles. The van der Waals surface area contributed by atoms with Gasteiger partial charge in [-0.05, 0) is 48.2 Å². The largest absolute Gasteiger partial charge is 0.459 e. The summed E-state index contributed by atoms with van der Waals surface area (Å²) >= 11 is 1.16. The van der Waals surface area contributed by atoms with E-state index in [1.54, 1.807) is 53.9 Å². The van der Waals surface area contributed by atoms with Crippen molar-refractivity contribution in [2.45, 2.75) is 17.1 Å². The Balaban J connectivity index is 1.48. The van der Waals surface area contributed by atoms with Crippen LogP contribution in [-0.4, -0.2) is 38.1 Å². The van der Waals surface area contributed by atoms with E-state index in [1.165, 1.54) is 17.6 Å². The minimum atomic E-state index is -3.52. The summed E-state index contributed by atoms with van der Waals surface area (Å²) in [4.78, 5) is 24.2. The van der Waals surface area contributed by atoms with Gasteiger partial charge in [0.25, 0.3) is 15.9 Å². The van der Waals surface area contributed by atoms with Crippen LogP contribution in [0.5, 0.6) is 0 Å². The number of benzene rings is 1. The lowest BCUT2D eigenvalue weighted by molar-refractivity contribution is -0.116. The van der Waals surface area contributed by atoms with Crippen molar-refractivity contribution in [1.82, 2.24) is 4.31 Å². The quantitative estimate of drug-likeness (QED) is 0.521. The van der Waals surface area contributed by atoms with E-state index in [0.29, 0.717) is 17.8 Å². The SMILES string of the molecule is CN(CCCC(=O)Nc1cccc(NC(=O)c2ccco2)c1)S(=O)(=O)c1cccs1. The van der Waals surface area contributed by atoms with E-state index < -0.39 is 15.9 Å². The molecule has 3 aromatic rings. The number of sulfonamides is 1. The van der Waals surface area contributed by atoms with Crippen molar-refractivity contribution < 1.29 is 22.4 Å². The van der Waals surface area contributed by atoms with Gasteiger partial charge in [-0.2, -0.15) is 0 Å². The molecule has 0 radical (unpaired) electrons. The van der Waals surface area contributed by atoms with Crippen LogP contribution >= 0.6 is 11.3 Å². The molecule has 0 aliphatic carbocycles. The molecule has 2 heterocycles. The number of hydrogen-bond donors (Lipinski definition) is 2. The second-order valence-corrected chi connectivity index (χ2v) is 9.64. The summed E-state index contributed by atoms with van der Waals surface area (Å²) in [6, 6.07) is 13.1. The Morgan fingerprint density at radius 1 is 1.07 bits per heavy atom. The molecule has 8 nitrogen and oxygen atoms in total. The van der Waals surface area contributed by atoms with Crippen LogP contribution in [-0.2, 0) is 14.8 Å². The lowest BCUT2D eigenvalue weighted by Gasteiger charge is -2.15. The van der Waals surface area contributed by atoms with Crippen LogP contribution in [0.4, 0.5) is 11.4 Å². The molecule has 3 rings (SSSR count). The van der Waals surface area contributed by atoms with Gasteiger partial charge in [0.1, 0.15) is 4.21 Å². The maximum atomic E-state index is 12.4. The van der Waals surface area contributed by atoms with Crippen molar-refractivity contribution >= 4 is 44.5 Å². The molecule has 0 aliphatic heterocycles. The van der Waals surface area contributed by atoms with Gasteiger partial charge in [0, 0.05) is 31.4 Å². The predicted octanol–water partition coefficient (Wildman–Crippen LogP) is 3.63. The molecule has 2 N–H and O–H groups in total. The number of furan rings is 1. The zero-order valence-corrected chi connectivity index (χ0v) is 17.8. The number of carbonyl (C=O) groups excluding carboxylic acids is 2. The fourth-order valence-corrected chi connectivity index (χ4v) is 5.06. The summed E-state index contributed by atoms with van der Waals surface area (Å²) in [5, 5.41) is 7.15. The minimum absolute atomic E-state index is 0.160. The van der Waals surface area contributed by atoms with Gasteiger partial charge in [-0.25, -0.2) is 12.7 Å². The van der Waals surface area contributed by atoms with E-state index in [9.17, 15) is 18.0 Å². The summed E-state index contributed by atoms with van der Waals surface area (Å²) in [7, 11) is -2.02. The highest BCUT2D eigenvalue weighted by atomic mass is 32.2. The maximum Gasteiger partial charge on any atom is 0.291 e. The summed E-state index contributed by atoms with van der Waals surface area (Å²) in [6.07, 6.45) is 1.95. The molecule has 0 saturated carbocycles. The van der Waals surface area contributed by atoms with Crippen molar-refractivity contribution in [1.29, 1.82) is 0 Å². The van der Waals surface area contributed by atoms with Gasteiger partial charge in [-0.1, -0.05) is 12.1 Å². The van der Waals surface area contributed by atoms with Crippen LogP contribution in [0.15, 0.2) is 68.8 Å². The van der Waals surface area contributed by atoms with Gasteiger partial charge >= 0.3 is 0 Å². The van der Waals surface area contributed by atoms with Crippen LogP contribution in [0, 0.1) is 0 Å². The molecule has 10 heteroatoms. The Morgan fingerprint density at radius 2 is 1.83 bits per heavy atom. The van der Waals surface area contributed by atoms with E-state index in [2.05, 4.69) is 10.6 Å². The first-order valence-corrected chi connectivity index (χ1v) is 11.4. The molecule has 30 heavy (non-hydrogen) atoms.